The first kappa shape index (κ1) is 16.3. The van der Waals surface area contributed by atoms with Gasteiger partial charge in [-0.15, -0.1) is 0 Å². The average molecular weight is 364 g/mol. The molecule has 0 aliphatic carbocycles. The number of benzene rings is 2. The molecule has 4 aromatic rings. The minimum absolute atomic E-state index is 0.207. The van der Waals surface area contributed by atoms with Crippen LogP contribution in [-0.2, 0) is 0 Å². The van der Waals surface area contributed by atoms with Gasteiger partial charge in [0.25, 0.3) is 5.91 Å². The number of ether oxygens (including phenoxy) is 1. The minimum atomic E-state index is -0.207. The molecule has 0 spiro atoms. The van der Waals surface area contributed by atoms with Crippen molar-refractivity contribution >= 4 is 32.7 Å². The summed E-state index contributed by atoms with van der Waals surface area (Å²) in [6, 6.07) is 16.8. The zero-order valence-corrected chi connectivity index (χ0v) is 15.1. The van der Waals surface area contributed by atoms with E-state index >= 15 is 0 Å². The van der Waals surface area contributed by atoms with E-state index in [4.69, 9.17) is 4.74 Å². The van der Waals surface area contributed by atoms with Crippen molar-refractivity contribution in [2.75, 3.05) is 12.4 Å². The van der Waals surface area contributed by atoms with Gasteiger partial charge >= 0.3 is 0 Å². The maximum absolute atomic E-state index is 12.4. The Labute approximate surface area is 154 Å². The largest absolute Gasteiger partial charge is 0.497 e. The molecule has 2 aromatic carbocycles. The lowest BCUT2D eigenvalue weighted by Gasteiger charge is -2.03. The molecule has 0 unspecified atom stereocenters. The van der Waals surface area contributed by atoms with Gasteiger partial charge in [0.1, 0.15) is 5.75 Å². The Morgan fingerprint density at radius 2 is 1.85 bits per heavy atom. The summed E-state index contributed by atoms with van der Waals surface area (Å²) in [7, 11) is 1.59. The Bertz CT molecular complexity index is 1070. The normalized spacial score (nSPS) is 10.8. The van der Waals surface area contributed by atoms with Crippen molar-refractivity contribution in [3.8, 4) is 11.4 Å². The van der Waals surface area contributed by atoms with E-state index in [0.29, 0.717) is 16.4 Å². The molecule has 4 rings (SSSR count). The highest BCUT2D eigenvalue weighted by Crippen LogP contribution is 2.30. The van der Waals surface area contributed by atoms with Gasteiger partial charge in [0.15, 0.2) is 10.8 Å². The number of nitrogens with one attached hydrogen (secondary N) is 1. The van der Waals surface area contributed by atoms with Gasteiger partial charge in [0.05, 0.1) is 23.2 Å². The molecule has 0 atom stereocenters. The van der Waals surface area contributed by atoms with E-state index in [1.165, 1.54) is 11.3 Å². The van der Waals surface area contributed by atoms with Crippen molar-refractivity contribution in [1.29, 1.82) is 0 Å². The van der Waals surface area contributed by atoms with Crippen LogP contribution in [0.15, 0.2) is 54.6 Å². The van der Waals surface area contributed by atoms with Crippen LogP contribution in [0.1, 0.15) is 16.1 Å². The van der Waals surface area contributed by atoms with Crippen LogP contribution in [0.3, 0.4) is 0 Å². The van der Waals surface area contributed by atoms with E-state index in [0.717, 1.165) is 21.7 Å². The highest BCUT2D eigenvalue weighted by Gasteiger charge is 2.16. The zero-order valence-electron chi connectivity index (χ0n) is 14.3. The van der Waals surface area contributed by atoms with Crippen molar-refractivity contribution in [1.82, 2.24) is 14.8 Å². The lowest BCUT2D eigenvalue weighted by molar-refractivity contribution is 0.102. The molecule has 1 amide bonds. The first-order valence-corrected chi connectivity index (χ1v) is 8.84. The fourth-order valence-electron chi connectivity index (χ4n) is 2.65. The highest BCUT2D eigenvalue weighted by atomic mass is 32.1. The predicted octanol–water partition coefficient (Wildman–Crippen LogP) is 4.05. The predicted molar refractivity (Wildman–Crippen MR) is 102 cm³/mol. The van der Waals surface area contributed by atoms with Gasteiger partial charge in [0.2, 0.25) is 0 Å². The van der Waals surface area contributed by atoms with E-state index in [1.807, 2.05) is 37.3 Å². The Morgan fingerprint density at radius 1 is 1.12 bits per heavy atom. The third-order valence-electron chi connectivity index (χ3n) is 3.96. The number of hydrogen-bond donors (Lipinski definition) is 1. The number of carbonyl (C=O) groups is 1. The summed E-state index contributed by atoms with van der Waals surface area (Å²) in [6.45, 7) is 1.94. The number of amides is 1. The van der Waals surface area contributed by atoms with E-state index in [1.54, 1.807) is 36.1 Å². The minimum Gasteiger partial charge on any atom is -0.497 e. The lowest BCUT2D eigenvalue weighted by Crippen LogP contribution is -2.11. The van der Waals surface area contributed by atoms with Crippen LogP contribution < -0.4 is 10.1 Å². The summed E-state index contributed by atoms with van der Waals surface area (Å²) < 4.78 is 7.87. The Balaban J connectivity index is 1.64. The Hall–Kier alpha value is -3.19. The van der Waals surface area contributed by atoms with E-state index in [2.05, 4.69) is 15.4 Å². The van der Waals surface area contributed by atoms with Crippen LogP contribution in [0, 0.1) is 6.92 Å². The number of fused-ring (bicyclic) bond motifs is 1. The van der Waals surface area contributed by atoms with Crippen LogP contribution in [0.2, 0.25) is 0 Å². The second-order valence-electron chi connectivity index (χ2n) is 5.69. The highest BCUT2D eigenvalue weighted by molar-refractivity contribution is 7.22. The van der Waals surface area contributed by atoms with Crippen LogP contribution >= 0.6 is 11.3 Å². The number of thiazole rings is 1. The van der Waals surface area contributed by atoms with Crippen molar-refractivity contribution in [2.24, 2.45) is 0 Å². The molecule has 0 aliphatic heterocycles. The number of carbonyl (C=O) groups excluding carboxylic acids is 1. The molecule has 6 nitrogen and oxygen atoms in total. The first-order valence-electron chi connectivity index (χ1n) is 8.02. The third-order valence-corrected chi connectivity index (χ3v) is 5.03. The molecule has 0 radical (unpaired) electrons. The number of hydrogen-bond acceptors (Lipinski definition) is 5. The fraction of sp³-hybridized carbons (Fsp3) is 0.105. The monoisotopic (exact) mass is 364 g/mol. The molecule has 0 saturated heterocycles. The number of para-hydroxylation sites is 1. The summed E-state index contributed by atoms with van der Waals surface area (Å²) in [6.07, 6.45) is 0. The average Bonchev–Trinajstić information content (AvgIpc) is 3.22. The number of methoxy groups -OCH3 is 1. The molecule has 1 N–H and O–H groups in total. The SMILES string of the molecule is COc1ccc(C(=O)Nc2nc3c(s2)c(C)nn3-c2ccccc2)cc1. The summed E-state index contributed by atoms with van der Waals surface area (Å²) >= 11 is 1.42. The Kier molecular flexibility index (Phi) is 4.14. The molecule has 130 valence electrons. The molecular weight excluding hydrogens is 348 g/mol. The number of rotatable bonds is 4. The van der Waals surface area contributed by atoms with Gasteiger partial charge in [0, 0.05) is 5.56 Å². The Morgan fingerprint density at radius 3 is 2.54 bits per heavy atom. The fourth-order valence-corrected chi connectivity index (χ4v) is 3.53. The number of aryl methyl sites for hydroxylation is 1. The van der Waals surface area contributed by atoms with Gasteiger partial charge in [-0.1, -0.05) is 29.5 Å². The number of nitrogens with zero attached hydrogens (tertiary/aromatic N) is 3. The zero-order chi connectivity index (χ0) is 18.1. The van der Waals surface area contributed by atoms with Crippen molar-refractivity contribution in [3.05, 3.63) is 65.9 Å². The second-order valence-corrected chi connectivity index (χ2v) is 6.69. The second kappa shape index (κ2) is 6.61. The smallest absolute Gasteiger partial charge is 0.257 e. The standard InChI is InChI=1S/C19H16N4O2S/c1-12-16-17(23(22-12)14-6-4-3-5-7-14)20-19(26-16)21-18(24)13-8-10-15(25-2)11-9-13/h3-11H,1-2H3,(H,20,21,24). The van der Waals surface area contributed by atoms with Crippen molar-refractivity contribution < 1.29 is 9.53 Å². The molecule has 2 aromatic heterocycles. The molecule has 2 heterocycles. The summed E-state index contributed by atoms with van der Waals surface area (Å²) in [5, 5.41) is 7.97. The number of aromatic nitrogens is 3. The van der Waals surface area contributed by atoms with Crippen LogP contribution in [-0.4, -0.2) is 27.8 Å². The molecule has 0 bridgehead atoms. The summed E-state index contributed by atoms with van der Waals surface area (Å²) in [5.41, 5.74) is 3.10. The lowest BCUT2D eigenvalue weighted by atomic mass is 10.2. The van der Waals surface area contributed by atoms with Crippen molar-refractivity contribution in [3.63, 3.8) is 0 Å². The van der Waals surface area contributed by atoms with Crippen molar-refractivity contribution in [2.45, 2.75) is 6.92 Å². The number of anilines is 1. The first-order chi connectivity index (χ1) is 12.7. The van der Waals surface area contributed by atoms with Crippen LogP contribution in [0.25, 0.3) is 16.0 Å². The van der Waals surface area contributed by atoms with Crippen LogP contribution in [0.4, 0.5) is 5.13 Å². The van der Waals surface area contributed by atoms with Gasteiger partial charge in [-0.2, -0.15) is 10.1 Å². The summed E-state index contributed by atoms with van der Waals surface area (Å²) in [4.78, 5) is 17.0. The quantitative estimate of drug-likeness (QED) is 0.593. The molecule has 0 fully saturated rings. The van der Waals surface area contributed by atoms with Gasteiger partial charge in [-0.25, -0.2) is 4.68 Å². The summed E-state index contributed by atoms with van der Waals surface area (Å²) in [5.74, 6) is 0.501. The van der Waals surface area contributed by atoms with E-state index in [9.17, 15) is 4.79 Å². The van der Waals surface area contributed by atoms with Gasteiger partial charge in [-0.3, -0.25) is 10.1 Å². The van der Waals surface area contributed by atoms with Gasteiger partial charge < -0.3 is 4.74 Å². The topological polar surface area (TPSA) is 69.0 Å². The molecule has 0 saturated carbocycles. The molecule has 7 heteroatoms. The molecular formula is C19H16N4O2S. The van der Waals surface area contributed by atoms with E-state index in [-0.39, 0.29) is 5.91 Å². The maximum Gasteiger partial charge on any atom is 0.257 e. The van der Waals surface area contributed by atoms with Crippen LogP contribution in [0.5, 0.6) is 5.75 Å². The maximum atomic E-state index is 12.4. The molecule has 26 heavy (non-hydrogen) atoms. The van der Waals surface area contributed by atoms with Gasteiger partial charge in [-0.05, 0) is 43.3 Å². The molecule has 0 aliphatic rings. The third kappa shape index (κ3) is 2.93. The van der Waals surface area contributed by atoms with E-state index < -0.39 is 0 Å².